The van der Waals surface area contributed by atoms with E-state index in [0.717, 1.165) is 44.4 Å². The third-order valence-corrected chi connectivity index (χ3v) is 8.65. The Bertz CT molecular complexity index is 1920. The monoisotopic (exact) mass is 598 g/mol. The minimum Gasteiger partial charge on any atom is -0.481 e. The second-order valence-corrected chi connectivity index (χ2v) is 11.7. The molecule has 3 aromatic heterocycles. The first kappa shape index (κ1) is 30.9. The molecule has 5 heterocycles. The van der Waals surface area contributed by atoms with Crippen molar-refractivity contribution in [3.05, 3.63) is 69.3 Å². The van der Waals surface area contributed by atoms with Crippen LogP contribution >= 0.6 is 0 Å². The van der Waals surface area contributed by atoms with Crippen LogP contribution in [0.2, 0.25) is 0 Å². The molecule has 0 amide bonds. The number of aliphatic carboxylic acids is 2. The number of aryl methyl sites for hydroxylation is 3. The van der Waals surface area contributed by atoms with Crippen molar-refractivity contribution < 1.29 is 30.0 Å². The lowest BCUT2D eigenvalue weighted by atomic mass is 9.99. The molecule has 0 radical (unpaired) electrons. The smallest absolute Gasteiger partial charge is 0.303 e. The second-order valence-electron chi connectivity index (χ2n) is 11.7. The van der Waals surface area contributed by atoms with E-state index in [9.17, 15) is 30.0 Å². The van der Waals surface area contributed by atoms with Crippen LogP contribution in [0, 0.1) is 13.8 Å². The summed E-state index contributed by atoms with van der Waals surface area (Å²) in [6.07, 6.45) is -1.15. The van der Waals surface area contributed by atoms with Gasteiger partial charge in [0.2, 0.25) is 0 Å². The number of carbonyl (C=O) groups is 2. The van der Waals surface area contributed by atoms with Crippen molar-refractivity contribution in [2.75, 3.05) is 0 Å². The first-order chi connectivity index (χ1) is 20.8. The number of rotatable bonds is 8. The molecular formula is C34H38N4O6. The number of aliphatic hydroxyl groups is 2. The summed E-state index contributed by atoms with van der Waals surface area (Å²) in [5, 5.41) is 40.5. The van der Waals surface area contributed by atoms with Crippen molar-refractivity contribution in [1.82, 2.24) is 19.9 Å². The Labute approximate surface area is 254 Å². The Morgan fingerprint density at radius 1 is 0.682 bits per heavy atom. The fraction of sp³-hybridized carbons (Fsp3) is 0.353. The maximum absolute atomic E-state index is 11.6. The van der Waals surface area contributed by atoms with Crippen LogP contribution in [0.5, 0.6) is 0 Å². The van der Waals surface area contributed by atoms with E-state index in [1.54, 1.807) is 13.8 Å². The van der Waals surface area contributed by atoms with Gasteiger partial charge in [-0.25, -0.2) is 9.97 Å². The molecule has 2 aliphatic heterocycles. The summed E-state index contributed by atoms with van der Waals surface area (Å²) in [4.78, 5) is 39.8. The highest BCUT2D eigenvalue weighted by Gasteiger charge is 2.24. The lowest BCUT2D eigenvalue weighted by Crippen LogP contribution is -2.02. The van der Waals surface area contributed by atoms with Gasteiger partial charge in [0.25, 0.3) is 0 Å². The molecule has 0 saturated heterocycles. The van der Waals surface area contributed by atoms with Gasteiger partial charge in [-0.3, -0.25) is 9.59 Å². The van der Waals surface area contributed by atoms with Crippen LogP contribution in [-0.2, 0) is 16.0 Å². The molecule has 0 aliphatic carbocycles. The number of carboxylic acid groups (broad SMARTS) is 2. The summed E-state index contributed by atoms with van der Waals surface area (Å²) in [6.45, 7) is 11.1. The predicted molar refractivity (Wildman–Crippen MR) is 171 cm³/mol. The van der Waals surface area contributed by atoms with Gasteiger partial charge in [-0.2, -0.15) is 0 Å². The minimum atomic E-state index is -0.917. The van der Waals surface area contributed by atoms with Gasteiger partial charge in [0.15, 0.2) is 0 Å². The zero-order valence-corrected chi connectivity index (χ0v) is 25.8. The zero-order valence-electron chi connectivity index (χ0n) is 25.8. The molecule has 44 heavy (non-hydrogen) atoms. The number of hydrogen-bond acceptors (Lipinski definition) is 6. The van der Waals surface area contributed by atoms with E-state index in [1.807, 2.05) is 52.0 Å². The summed E-state index contributed by atoms with van der Waals surface area (Å²) in [5.74, 6) is -1.83. The molecule has 5 rings (SSSR count). The molecule has 3 aromatic rings. The number of H-pyrrole nitrogens is 2. The number of aromatic nitrogens is 4. The highest BCUT2D eigenvalue weighted by atomic mass is 16.4. The molecule has 2 unspecified atom stereocenters. The highest BCUT2D eigenvalue weighted by molar-refractivity contribution is 5.96. The van der Waals surface area contributed by atoms with Crippen LogP contribution in [-0.4, -0.2) is 58.4 Å². The van der Waals surface area contributed by atoms with Gasteiger partial charge in [-0.05, 0) is 112 Å². The third kappa shape index (κ3) is 5.70. The SMILES string of the molecule is CC1=C(CCC(=O)O)c2cc3[nH]c(cc4[nH]c(cc5nc(cc1n2)C(C)=C5C(C)O)c(C)c4C(C)O)c(C)c3CCC(=O)O. The van der Waals surface area contributed by atoms with Crippen LogP contribution in [0.3, 0.4) is 0 Å². The third-order valence-electron chi connectivity index (χ3n) is 8.65. The molecule has 2 aliphatic rings. The van der Waals surface area contributed by atoms with Gasteiger partial charge in [0.05, 0.1) is 35.0 Å². The molecular weight excluding hydrogens is 560 g/mol. The van der Waals surface area contributed by atoms with Gasteiger partial charge in [0.1, 0.15) is 0 Å². The topological polar surface area (TPSA) is 172 Å². The Balaban J connectivity index is 1.96. The largest absolute Gasteiger partial charge is 0.481 e. The van der Waals surface area contributed by atoms with Gasteiger partial charge < -0.3 is 30.4 Å². The fourth-order valence-corrected chi connectivity index (χ4v) is 6.31. The van der Waals surface area contributed by atoms with E-state index in [2.05, 4.69) is 9.97 Å². The number of hydrogen-bond donors (Lipinski definition) is 6. The second kappa shape index (κ2) is 11.9. The van der Waals surface area contributed by atoms with E-state index in [0.29, 0.717) is 44.9 Å². The van der Waals surface area contributed by atoms with Crippen LogP contribution in [0.4, 0.5) is 0 Å². The molecule has 8 bridgehead atoms. The molecule has 0 spiro atoms. The summed E-state index contributed by atoms with van der Waals surface area (Å²) >= 11 is 0. The number of fused-ring (bicyclic) bond motifs is 8. The first-order valence-corrected chi connectivity index (χ1v) is 14.7. The number of allylic oxidation sites excluding steroid dienone is 3. The number of nitrogens with zero attached hydrogens (tertiary/aromatic N) is 2. The van der Waals surface area contributed by atoms with Crippen LogP contribution in [0.1, 0.15) is 98.1 Å². The molecule has 10 heteroatoms. The number of nitrogens with one attached hydrogen (secondary N) is 2. The first-order valence-electron chi connectivity index (χ1n) is 14.7. The molecule has 230 valence electrons. The van der Waals surface area contributed by atoms with Gasteiger partial charge in [-0.1, -0.05) is 0 Å². The lowest BCUT2D eigenvalue weighted by Gasteiger charge is -2.07. The number of aromatic amines is 2. The molecule has 2 atom stereocenters. The lowest BCUT2D eigenvalue weighted by molar-refractivity contribution is -0.137. The van der Waals surface area contributed by atoms with Gasteiger partial charge >= 0.3 is 11.9 Å². The average Bonchev–Trinajstić information content (AvgIpc) is 3.59. The maximum atomic E-state index is 11.6. The van der Waals surface area contributed by atoms with E-state index in [1.165, 1.54) is 0 Å². The predicted octanol–water partition coefficient (Wildman–Crippen LogP) is 6.11. The highest BCUT2D eigenvalue weighted by Crippen LogP contribution is 2.38. The summed E-state index contributed by atoms with van der Waals surface area (Å²) < 4.78 is 0. The molecule has 0 fully saturated rings. The minimum absolute atomic E-state index is 0.0629. The molecule has 10 nitrogen and oxygen atoms in total. The normalized spacial score (nSPS) is 14.7. The van der Waals surface area contributed by atoms with E-state index in [4.69, 9.17) is 9.97 Å². The van der Waals surface area contributed by atoms with Gasteiger partial charge in [-0.15, -0.1) is 0 Å². The zero-order chi connectivity index (χ0) is 32.0. The van der Waals surface area contributed by atoms with Crippen molar-refractivity contribution in [3.8, 4) is 0 Å². The van der Waals surface area contributed by atoms with E-state index in [-0.39, 0.29) is 25.7 Å². The molecule has 0 saturated carbocycles. The molecule has 0 aromatic carbocycles. The maximum Gasteiger partial charge on any atom is 0.303 e. The summed E-state index contributed by atoms with van der Waals surface area (Å²) in [6, 6.07) is 7.51. The quantitative estimate of drug-likeness (QED) is 0.180. The summed E-state index contributed by atoms with van der Waals surface area (Å²) in [5.41, 5.74) is 11.7. The van der Waals surface area contributed by atoms with Crippen LogP contribution < -0.4 is 0 Å². The molecule has 6 N–H and O–H groups in total. The Morgan fingerprint density at radius 2 is 1.25 bits per heavy atom. The Morgan fingerprint density at radius 3 is 1.89 bits per heavy atom. The Kier molecular flexibility index (Phi) is 8.33. The van der Waals surface area contributed by atoms with Gasteiger partial charge in [0, 0.05) is 46.0 Å². The Hall–Kier alpha value is -4.54. The van der Waals surface area contributed by atoms with Crippen molar-refractivity contribution in [1.29, 1.82) is 0 Å². The van der Waals surface area contributed by atoms with Crippen molar-refractivity contribution in [3.63, 3.8) is 0 Å². The number of carboxylic acids is 2. The van der Waals surface area contributed by atoms with Crippen molar-refractivity contribution >= 4 is 56.3 Å². The van der Waals surface area contributed by atoms with Crippen molar-refractivity contribution in [2.45, 2.75) is 79.4 Å². The van der Waals surface area contributed by atoms with E-state index < -0.39 is 24.1 Å². The standard InChI is InChI=1S/C34H38N4O6/c1-15-21(7-9-31(41)42)27-14-28-22(8-10-32(43)44)16(2)24(36-28)12-29-34(20(6)40)18(4)26(38-29)13-30-33(19(5)39)17(3)25(37-30)11-23(15)35-27/h11-14,19-20,36,38-40H,7-10H2,1-6H3,(H,41,42)(H,43,44). The fourth-order valence-electron chi connectivity index (χ4n) is 6.31. The summed E-state index contributed by atoms with van der Waals surface area (Å²) in [7, 11) is 0. The van der Waals surface area contributed by atoms with Crippen molar-refractivity contribution in [2.24, 2.45) is 0 Å². The average molecular weight is 599 g/mol. The van der Waals surface area contributed by atoms with Crippen LogP contribution in [0.25, 0.3) is 44.4 Å². The van der Waals surface area contributed by atoms with E-state index >= 15 is 0 Å². The number of aliphatic hydroxyl groups excluding tert-OH is 2. The van der Waals surface area contributed by atoms with Crippen LogP contribution in [0.15, 0.2) is 24.3 Å².